The van der Waals surface area contributed by atoms with E-state index in [2.05, 4.69) is 15.3 Å². The van der Waals surface area contributed by atoms with Crippen molar-refractivity contribution >= 4 is 40.5 Å². The SMILES string of the molecule is Br.CC1(C)N=C(N)N=C(N)N1OCCCNC(=O)c1ccc([N+](=O)[O-])cc1. The number of hydrogen-bond acceptors (Lipinski definition) is 9. The van der Waals surface area contributed by atoms with Crippen LogP contribution in [-0.4, -0.2) is 46.6 Å². The standard InChI is InChI=1S/C15H21N7O4.BrH/c1-15(2)20-13(16)19-14(17)21(15)26-9-3-8-18-12(23)10-4-6-11(7-5-10)22(24)25;/h4-7H,3,8-9H2,1-2H3,(H,18,23)(H4,16,17,19,20);1H. The molecule has 0 aliphatic carbocycles. The number of non-ortho nitro benzene ring substituents is 1. The highest BCUT2D eigenvalue weighted by molar-refractivity contribution is 8.93. The molecule has 0 aromatic heterocycles. The lowest BCUT2D eigenvalue weighted by atomic mass is 10.2. The number of aliphatic imine (C=N–C) groups is 2. The quantitative estimate of drug-likeness (QED) is 0.320. The number of rotatable bonds is 7. The van der Waals surface area contributed by atoms with Crippen molar-refractivity contribution in [1.29, 1.82) is 0 Å². The van der Waals surface area contributed by atoms with Gasteiger partial charge in [-0.3, -0.25) is 19.7 Å². The second-order valence-electron chi connectivity index (χ2n) is 5.98. The summed E-state index contributed by atoms with van der Waals surface area (Å²) < 4.78 is 0. The maximum atomic E-state index is 12.0. The Morgan fingerprint density at radius 2 is 1.96 bits per heavy atom. The van der Waals surface area contributed by atoms with Crippen molar-refractivity contribution in [1.82, 2.24) is 10.4 Å². The number of hydrogen-bond donors (Lipinski definition) is 3. The van der Waals surface area contributed by atoms with E-state index in [1.807, 2.05) is 0 Å². The van der Waals surface area contributed by atoms with E-state index < -0.39 is 10.6 Å². The van der Waals surface area contributed by atoms with E-state index in [-0.39, 0.29) is 47.1 Å². The monoisotopic (exact) mass is 443 g/mol. The molecule has 1 amide bonds. The van der Waals surface area contributed by atoms with Crippen molar-refractivity contribution in [3.05, 3.63) is 39.9 Å². The van der Waals surface area contributed by atoms with Gasteiger partial charge < -0.3 is 16.8 Å². The van der Waals surface area contributed by atoms with Crippen LogP contribution >= 0.6 is 17.0 Å². The van der Waals surface area contributed by atoms with Crippen molar-refractivity contribution in [2.24, 2.45) is 21.5 Å². The minimum Gasteiger partial charge on any atom is -0.368 e. The minimum absolute atomic E-state index is 0. The first-order valence-corrected chi connectivity index (χ1v) is 7.86. The molecule has 11 nitrogen and oxygen atoms in total. The van der Waals surface area contributed by atoms with Crippen LogP contribution in [0.2, 0.25) is 0 Å². The molecule has 0 atom stereocenters. The lowest BCUT2D eigenvalue weighted by Crippen LogP contribution is -2.53. The van der Waals surface area contributed by atoms with Crippen LogP contribution in [0.3, 0.4) is 0 Å². The molecular formula is C15H22BrN7O4. The van der Waals surface area contributed by atoms with Crippen molar-refractivity contribution in [2.45, 2.75) is 25.9 Å². The minimum atomic E-state index is -0.780. The maximum Gasteiger partial charge on any atom is 0.269 e. The van der Waals surface area contributed by atoms with E-state index in [1.54, 1.807) is 13.8 Å². The normalized spacial score (nSPS) is 15.3. The van der Waals surface area contributed by atoms with Gasteiger partial charge in [-0.2, -0.15) is 10.1 Å². The fourth-order valence-electron chi connectivity index (χ4n) is 2.28. The summed E-state index contributed by atoms with van der Waals surface area (Å²) in [7, 11) is 0. The van der Waals surface area contributed by atoms with Gasteiger partial charge in [0.1, 0.15) is 0 Å². The maximum absolute atomic E-state index is 12.0. The second kappa shape index (κ2) is 9.28. The highest BCUT2D eigenvalue weighted by atomic mass is 79.9. The molecule has 1 heterocycles. The first-order chi connectivity index (χ1) is 12.2. The van der Waals surface area contributed by atoms with Crippen LogP contribution in [0.25, 0.3) is 0 Å². The lowest BCUT2D eigenvalue weighted by molar-refractivity contribution is -0.384. The molecule has 0 radical (unpaired) electrons. The van der Waals surface area contributed by atoms with Crippen LogP contribution < -0.4 is 16.8 Å². The molecule has 0 saturated carbocycles. The summed E-state index contributed by atoms with van der Waals surface area (Å²) >= 11 is 0. The summed E-state index contributed by atoms with van der Waals surface area (Å²) in [4.78, 5) is 35.6. The number of carbonyl (C=O) groups excluding carboxylic acids is 1. The van der Waals surface area contributed by atoms with E-state index in [0.29, 0.717) is 18.5 Å². The first kappa shape index (κ1) is 22.3. The van der Waals surface area contributed by atoms with E-state index in [9.17, 15) is 14.9 Å². The number of amides is 1. The highest BCUT2D eigenvalue weighted by Gasteiger charge is 2.32. The van der Waals surface area contributed by atoms with Crippen molar-refractivity contribution in [3.8, 4) is 0 Å². The van der Waals surface area contributed by atoms with Crippen molar-refractivity contribution < 1.29 is 14.6 Å². The molecule has 0 unspecified atom stereocenters. The molecule has 27 heavy (non-hydrogen) atoms. The van der Waals surface area contributed by atoms with Crippen molar-refractivity contribution in [2.75, 3.05) is 13.2 Å². The second-order valence-corrected chi connectivity index (χ2v) is 5.98. The average molecular weight is 444 g/mol. The third-order valence-electron chi connectivity index (χ3n) is 3.49. The summed E-state index contributed by atoms with van der Waals surface area (Å²) in [5.41, 5.74) is 10.9. The van der Waals surface area contributed by atoms with Gasteiger partial charge in [0.15, 0.2) is 5.66 Å². The first-order valence-electron chi connectivity index (χ1n) is 7.86. The molecule has 0 saturated heterocycles. The fourth-order valence-corrected chi connectivity index (χ4v) is 2.28. The van der Waals surface area contributed by atoms with E-state index >= 15 is 0 Å². The Morgan fingerprint density at radius 3 is 2.52 bits per heavy atom. The van der Waals surface area contributed by atoms with Gasteiger partial charge >= 0.3 is 0 Å². The Labute approximate surface area is 166 Å². The van der Waals surface area contributed by atoms with Crippen LogP contribution in [0.1, 0.15) is 30.6 Å². The van der Waals surface area contributed by atoms with Crippen LogP contribution in [-0.2, 0) is 4.84 Å². The highest BCUT2D eigenvalue weighted by Crippen LogP contribution is 2.19. The summed E-state index contributed by atoms with van der Waals surface area (Å²) in [5.74, 6) is -0.128. The predicted molar refractivity (Wildman–Crippen MR) is 105 cm³/mol. The van der Waals surface area contributed by atoms with Crippen molar-refractivity contribution in [3.63, 3.8) is 0 Å². The summed E-state index contributed by atoms with van der Waals surface area (Å²) in [5, 5.41) is 14.7. The van der Waals surface area contributed by atoms with Gasteiger partial charge in [0.25, 0.3) is 11.6 Å². The van der Waals surface area contributed by atoms with Gasteiger partial charge in [-0.25, -0.2) is 4.99 Å². The van der Waals surface area contributed by atoms with E-state index in [0.717, 1.165) is 0 Å². The molecule has 1 aromatic carbocycles. The van der Waals surface area contributed by atoms with Crippen LogP contribution in [0.4, 0.5) is 5.69 Å². The van der Waals surface area contributed by atoms with Gasteiger partial charge in [-0.15, -0.1) is 17.0 Å². The molecule has 1 aromatic rings. The zero-order chi connectivity index (χ0) is 19.3. The Hall–Kier alpha value is -2.73. The molecule has 0 spiro atoms. The van der Waals surface area contributed by atoms with Gasteiger partial charge in [-0.1, -0.05) is 0 Å². The third-order valence-corrected chi connectivity index (χ3v) is 3.49. The number of nitro groups is 1. The number of guanidine groups is 2. The number of carbonyl (C=O) groups is 1. The molecule has 148 valence electrons. The zero-order valence-corrected chi connectivity index (χ0v) is 16.6. The number of nitrogens with two attached hydrogens (primary N) is 2. The Balaban J connectivity index is 0.00000364. The number of benzene rings is 1. The molecule has 1 aliphatic heterocycles. The Morgan fingerprint density at radius 1 is 1.33 bits per heavy atom. The number of nitrogens with zero attached hydrogens (tertiary/aromatic N) is 4. The van der Waals surface area contributed by atoms with Gasteiger partial charge in [0.2, 0.25) is 11.9 Å². The molecule has 1 aliphatic rings. The number of nitro benzene ring substituents is 1. The largest absolute Gasteiger partial charge is 0.368 e. The lowest BCUT2D eigenvalue weighted by Gasteiger charge is -2.36. The van der Waals surface area contributed by atoms with Gasteiger partial charge in [0, 0.05) is 24.2 Å². The van der Waals surface area contributed by atoms with Crippen LogP contribution in [0, 0.1) is 10.1 Å². The number of hydroxylamine groups is 2. The fraction of sp³-hybridized carbons (Fsp3) is 0.400. The topological polar surface area (TPSA) is 161 Å². The Kier molecular flexibility index (Phi) is 7.67. The summed E-state index contributed by atoms with van der Waals surface area (Å²) in [6.45, 7) is 4.18. The average Bonchev–Trinajstić information content (AvgIpc) is 2.55. The molecule has 0 fully saturated rings. The van der Waals surface area contributed by atoms with Crippen LogP contribution in [0.15, 0.2) is 34.3 Å². The van der Waals surface area contributed by atoms with E-state index in [1.165, 1.54) is 29.3 Å². The number of nitrogens with one attached hydrogen (secondary N) is 1. The zero-order valence-electron chi connectivity index (χ0n) is 14.9. The Bertz CT molecular complexity index is 749. The van der Waals surface area contributed by atoms with Gasteiger partial charge in [-0.05, 0) is 32.4 Å². The smallest absolute Gasteiger partial charge is 0.269 e. The molecule has 5 N–H and O–H groups in total. The predicted octanol–water partition coefficient (Wildman–Crippen LogP) is 0.905. The molecule has 0 bridgehead atoms. The van der Waals surface area contributed by atoms with Gasteiger partial charge in [0.05, 0.1) is 11.5 Å². The summed E-state index contributed by atoms with van der Waals surface area (Å²) in [6.07, 6.45) is 0.512. The molecule has 12 heteroatoms. The third kappa shape index (κ3) is 5.89. The molecule has 2 rings (SSSR count). The van der Waals surface area contributed by atoms with Crippen LogP contribution in [0.5, 0.6) is 0 Å². The number of halogens is 1. The summed E-state index contributed by atoms with van der Waals surface area (Å²) in [6, 6.07) is 5.37. The molecular weight excluding hydrogens is 422 g/mol. The van der Waals surface area contributed by atoms with E-state index in [4.69, 9.17) is 16.3 Å².